The molecule has 2 radical (unpaired) electrons. The highest BCUT2D eigenvalue weighted by Crippen LogP contribution is 2.29. The number of halogens is 3. The summed E-state index contributed by atoms with van der Waals surface area (Å²) in [5.74, 6) is -8.76. The molecule has 0 aliphatic heterocycles. The van der Waals surface area contributed by atoms with Crippen molar-refractivity contribution in [3.05, 3.63) is 28.8 Å². The molecule has 19 heavy (non-hydrogen) atoms. The van der Waals surface area contributed by atoms with Gasteiger partial charge in [-0.15, -0.1) is 11.6 Å². The van der Waals surface area contributed by atoms with Gasteiger partial charge in [0.1, 0.15) is 23.2 Å². The first-order valence-corrected chi connectivity index (χ1v) is 5.18. The fourth-order valence-corrected chi connectivity index (χ4v) is 1.40. The molecule has 0 atom stereocenters. The molecule has 1 aromatic rings. The van der Waals surface area contributed by atoms with Gasteiger partial charge in [-0.2, -0.15) is 5.26 Å². The van der Waals surface area contributed by atoms with Crippen LogP contribution in [0.2, 0.25) is 0 Å². The number of rotatable bonds is 4. The molecule has 98 valence electrons. The first kappa shape index (κ1) is 15.4. The summed E-state index contributed by atoms with van der Waals surface area (Å²) in [6.07, 6.45) is 0. The molecule has 2 N–H and O–H groups in total. The third kappa shape index (κ3) is 3.41. The summed E-state index contributed by atoms with van der Waals surface area (Å²) in [7, 11) is 4.68. The van der Waals surface area contributed by atoms with Crippen LogP contribution in [0.4, 0.5) is 8.78 Å². The van der Waals surface area contributed by atoms with Gasteiger partial charge in [-0.25, -0.2) is 8.78 Å². The van der Waals surface area contributed by atoms with Crippen LogP contribution in [0, 0.1) is 23.0 Å². The Bertz CT molecular complexity index is 568. The number of hydrogen-bond donors (Lipinski definition) is 2. The lowest BCUT2D eigenvalue weighted by molar-refractivity contribution is -0.223. The molecule has 1 aromatic carbocycles. The van der Waals surface area contributed by atoms with Crippen LogP contribution in [0.5, 0.6) is 5.75 Å². The van der Waals surface area contributed by atoms with Crippen molar-refractivity contribution in [2.24, 2.45) is 0 Å². The van der Waals surface area contributed by atoms with Crippen molar-refractivity contribution >= 4 is 25.2 Å². The van der Waals surface area contributed by atoms with E-state index in [1.807, 2.05) is 0 Å². The summed E-state index contributed by atoms with van der Waals surface area (Å²) >= 11 is 5.23. The number of alkyl halides is 1. The zero-order valence-corrected chi connectivity index (χ0v) is 9.91. The Morgan fingerprint density at radius 3 is 2.58 bits per heavy atom. The fourth-order valence-electron chi connectivity index (χ4n) is 1.27. The first-order valence-electron chi connectivity index (χ1n) is 4.65. The van der Waals surface area contributed by atoms with Gasteiger partial charge in [-0.1, -0.05) is 0 Å². The van der Waals surface area contributed by atoms with E-state index in [1.54, 1.807) is 0 Å². The second kappa shape index (κ2) is 5.53. The van der Waals surface area contributed by atoms with E-state index < -0.39 is 46.0 Å². The highest BCUT2D eigenvalue weighted by molar-refractivity contribution is 6.30. The maximum atomic E-state index is 13.8. The van der Waals surface area contributed by atoms with Gasteiger partial charge in [-0.3, -0.25) is 4.79 Å². The molecule has 0 aliphatic carbocycles. The number of carbonyl (C=O) groups excluding carboxylic acids is 1. The van der Waals surface area contributed by atoms with E-state index in [9.17, 15) is 13.6 Å². The molecule has 9 heteroatoms. The van der Waals surface area contributed by atoms with Gasteiger partial charge in [0, 0.05) is 6.07 Å². The Morgan fingerprint density at radius 2 is 2.16 bits per heavy atom. The second-order valence-electron chi connectivity index (χ2n) is 3.35. The molecule has 0 unspecified atom stereocenters. The first-order chi connectivity index (χ1) is 8.71. The van der Waals surface area contributed by atoms with Crippen molar-refractivity contribution in [1.29, 1.82) is 5.26 Å². The summed E-state index contributed by atoms with van der Waals surface area (Å²) in [5.41, 5.74) is -1.93. The van der Waals surface area contributed by atoms with Crippen LogP contribution < -0.4 is 4.74 Å². The predicted octanol–water partition coefficient (Wildman–Crippen LogP) is 0.401. The van der Waals surface area contributed by atoms with E-state index in [1.165, 1.54) is 6.07 Å². The average molecular weight is 287 g/mol. The third-order valence-corrected chi connectivity index (χ3v) is 2.20. The van der Waals surface area contributed by atoms with Gasteiger partial charge in [0.05, 0.1) is 11.4 Å². The number of ether oxygens (including phenoxy) is 1. The summed E-state index contributed by atoms with van der Waals surface area (Å²) in [4.78, 5) is 11.4. The van der Waals surface area contributed by atoms with Crippen molar-refractivity contribution in [3.63, 3.8) is 0 Å². The van der Waals surface area contributed by atoms with Crippen molar-refractivity contribution in [3.8, 4) is 11.8 Å². The molecule has 0 amide bonds. The Balaban J connectivity index is 3.54. The minimum Gasteiger partial charge on any atom is -0.448 e. The lowest BCUT2D eigenvalue weighted by Crippen LogP contribution is -2.36. The van der Waals surface area contributed by atoms with E-state index in [4.69, 9.17) is 27.1 Å². The van der Waals surface area contributed by atoms with Crippen molar-refractivity contribution in [2.45, 2.75) is 5.87 Å². The van der Waals surface area contributed by atoms with Crippen LogP contribution in [0.1, 0.15) is 15.9 Å². The Morgan fingerprint density at radius 1 is 1.58 bits per heavy atom. The molecule has 0 aliphatic rings. The highest BCUT2D eigenvalue weighted by atomic mass is 35.5. The van der Waals surface area contributed by atoms with Gasteiger partial charge in [0.15, 0.2) is 11.6 Å². The second-order valence-corrected chi connectivity index (χ2v) is 3.62. The third-order valence-electron chi connectivity index (χ3n) is 1.95. The minimum absolute atomic E-state index is 0.426. The van der Waals surface area contributed by atoms with Crippen molar-refractivity contribution in [1.82, 2.24) is 0 Å². The van der Waals surface area contributed by atoms with E-state index in [-0.39, 0.29) is 0 Å². The monoisotopic (exact) mass is 287 g/mol. The van der Waals surface area contributed by atoms with Gasteiger partial charge in [0.25, 0.3) is 5.87 Å². The molecule has 0 aromatic heterocycles. The molecule has 0 saturated heterocycles. The van der Waals surface area contributed by atoms with Gasteiger partial charge < -0.3 is 14.9 Å². The average Bonchev–Trinajstić information content (AvgIpc) is 2.26. The predicted molar refractivity (Wildman–Crippen MR) is 59.7 cm³/mol. The number of hydrogen-bond acceptors (Lipinski definition) is 5. The largest absolute Gasteiger partial charge is 0.448 e. The van der Waals surface area contributed by atoms with Crippen LogP contribution in [0.15, 0.2) is 6.07 Å². The van der Waals surface area contributed by atoms with Crippen molar-refractivity contribution in [2.75, 3.05) is 5.88 Å². The summed E-state index contributed by atoms with van der Waals surface area (Å²) < 4.78 is 31.4. The summed E-state index contributed by atoms with van der Waals surface area (Å²) in [5, 5.41) is 26.2. The number of Topliss-reactive ketones (excluding diaryl/α,β-unsaturated/α-hetero) is 1. The molecule has 0 spiro atoms. The Hall–Kier alpha value is -1.69. The molecule has 1 rings (SSSR count). The van der Waals surface area contributed by atoms with E-state index in [2.05, 4.69) is 12.6 Å². The normalized spacial score (nSPS) is 10.9. The Kier molecular flexibility index (Phi) is 4.47. The topological polar surface area (TPSA) is 90.5 Å². The molecule has 0 heterocycles. The fraction of sp³-hybridized carbons (Fsp3) is 0.200. The number of aliphatic hydroxyl groups is 2. The maximum absolute atomic E-state index is 13.8. The Labute approximate surface area is 112 Å². The molecule has 0 bridgehead atoms. The standard InChI is InChI=1S/C10H5BClF2NO4/c11-10(17,18)19-7-1-5(13)4(3-15)9(14)8(7)6(16)2-12/h1,17-18H,2H2. The molecule has 0 fully saturated rings. The quantitative estimate of drug-likeness (QED) is 0.362. The molecule has 0 saturated carbocycles. The number of carbonyl (C=O) groups is 1. The zero-order valence-electron chi connectivity index (χ0n) is 9.15. The number of nitriles is 1. The summed E-state index contributed by atoms with van der Waals surface area (Å²) in [6.45, 7) is 0. The van der Waals surface area contributed by atoms with Gasteiger partial charge in [0.2, 0.25) is 7.85 Å². The molecule has 5 nitrogen and oxygen atoms in total. The van der Waals surface area contributed by atoms with Crippen LogP contribution >= 0.6 is 11.6 Å². The smallest absolute Gasteiger partial charge is 0.259 e. The van der Waals surface area contributed by atoms with E-state index >= 15 is 0 Å². The maximum Gasteiger partial charge on any atom is 0.259 e. The van der Waals surface area contributed by atoms with E-state index in [0.29, 0.717) is 6.07 Å². The van der Waals surface area contributed by atoms with Gasteiger partial charge >= 0.3 is 0 Å². The van der Waals surface area contributed by atoms with Crippen LogP contribution in [-0.2, 0) is 0 Å². The lowest BCUT2D eigenvalue weighted by atomic mass is 10.0. The van der Waals surface area contributed by atoms with Crippen molar-refractivity contribution < 1.29 is 28.5 Å². The van der Waals surface area contributed by atoms with Crippen LogP contribution in [0.25, 0.3) is 0 Å². The number of ketones is 1. The molecular formula is C10H5BClF2NO4. The summed E-state index contributed by atoms with van der Waals surface area (Å²) in [6, 6.07) is 1.64. The molecular weight excluding hydrogens is 282 g/mol. The number of benzene rings is 1. The SMILES string of the molecule is [B]C(O)(O)Oc1cc(F)c(C#N)c(F)c1C(=O)CCl. The highest BCUT2D eigenvalue weighted by Gasteiger charge is 2.28. The lowest BCUT2D eigenvalue weighted by Gasteiger charge is -2.21. The minimum atomic E-state index is -3.26. The zero-order chi connectivity index (χ0) is 14.8. The van der Waals surface area contributed by atoms with Gasteiger partial charge in [-0.05, 0) is 0 Å². The van der Waals surface area contributed by atoms with E-state index in [0.717, 1.165) is 0 Å². The van der Waals surface area contributed by atoms with Crippen LogP contribution in [-0.4, -0.2) is 35.6 Å². The number of nitrogens with zero attached hydrogens (tertiary/aromatic N) is 1. The van der Waals surface area contributed by atoms with Crippen LogP contribution in [0.3, 0.4) is 0 Å².